The molecule has 0 aromatic rings. The molecule has 0 amide bonds. The number of rotatable bonds is 3. The van der Waals surface area contributed by atoms with Crippen molar-refractivity contribution < 1.29 is 33.8 Å². The molecule has 0 aliphatic rings. The molecule has 9 heteroatoms. The molecule has 0 fully saturated rings. The molecule has 0 unspecified atom stereocenters. The molecule has 0 bridgehead atoms. The monoisotopic (exact) mass is 206 g/mol. The lowest BCUT2D eigenvalue weighted by molar-refractivity contribution is 0.211. The van der Waals surface area contributed by atoms with Gasteiger partial charge in [-0.1, -0.05) is 0 Å². The average Bonchev–Trinajstić information content (AvgIpc) is 1.56. The van der Waals surface area contributed by atoms with E-state index in [0.29, 0.717) is 0 Å². The summed E-state index contributed by atoms with van der Waals surface area (Å²) in [5.41, 5.74) is 0. The van der Waals surface area contributed by atoms with Gasteiger partial charge in [0.2, 0.25) is 0 Å². The van der Waals surface area contributed by atoms with E-state index in [1.54, 1.807) is 0 Å². The zero-order valence-electron chi connectivity index (χ0n) is 5.23. The van der Waals surface area contributed by atoms with Gasteiger partial charge in [0.05, 0.1) is 6.16 Å². The zero-order chi connectivity index (χ0) is 9.28. The van der Waals surface area contributed by atoms with Crippen molar-refractivity contribution in [3.63, 3.8) is 0 Å². The zero-order valence-corrected chi connectivity index (χ0v) is 7.02. The molecule has 11 heavy (non-hydrogen) atoms. The van der Waals surface area contributed by atoms with Gasteiger partial charge in [-0.2, -0.15) is 0 Å². The molecule has 0 aliphatic heterocycles. The van der Waals surface area contributed by atoms with Gasteiger partial charge in [0.25, 0.3) is 0 Å². The highest BCUT2D eigenvalue weighted by atomic mass is 31.2. The Balaban J connectivity index is 4.22. The van der Waals surface area contributed by atoms with Crippen LogP contribution in [-0.2, 0) is 9.13 Å². The number of hydrogen-bond acceptors (Lipinski definition) is 3. The highest BCUT2D eigenvalue weighted by molar-refractivity contribution is 7.56. The second-order valence-corrected chi connectivity index (χ2v) is 5.39. The lowest BCUT2D eigenvalue weighted by atomic mass is 10.9. The summed E-state index contributed by atoms with van der Waals surface area (Å²) in [4.78, 5) is 32.7. The van der Waals surface area contributed by atoms with Crippen LogP contribution >= 0.6 is 15.2 Å². The van der Waals surface area contributed by atoms with Crippen LogP contribution in [0.25, 0.3) is 0 Å². The minimum absolute atomic E-state index is 1.22. The van der Waals surface area contributed by atoms with Crippen LogP contribution in [0.5, 0.6) is 0 Å². The third kappa shape index (κ3) is 5.52. The van der Waals surface area contributed by atoms with Gasteiger partial charge in [0, 0.05) is 0 Å². The van der Waals surface area contributed by atoms with E-state index in [1.165, 1.54) is 0 Å². The van der Waals surface area contributed by atoms with Crippen LogP contribution in [0.15, 0.2) is 0 Å². The van der Waals surface area contributed by atoms with Crippen LogP contribution in [0.3, 0.4) is 0 Å². The molecule has 68 valence electrons. The van der Waals surface area contributed by atoms with Crippen molar-refractivity contribution in [2.45, 2.75) is 5.85 Å². The maximum Gasteiger partial charge on any atom is 0.354 e. The largest absolute Gasteiger partial charge is 0.380 e. The molecule has 0 saturated heterocycles. The van der Waals surface area contributed by atoms with Gasteiger partial charge in [0.15, 0.2) is 5.85 Å². The van der Waals surface area contributed by atoms with Crippen LogP contribution in [0.1, 0.15) is 0 Å². The summed E-state index contributed by atoms with van der Waals surface area (Å²) in [6, 6.07) is 0. The third-order valence-electron chi connectivity index (χ3n) is 0.789. The molecule has 0 saturated carbocycles. The standard InChI is InChI=1S/C2H8O7P2/c3-2(11(7,8)9)1-10(4,5)6/h2-3H,1H2,(H2,4,5,6)(H2,7,8,9)/t2-/m1/s1. The van der Waals surface area contributed by atoms with Crippen molar-refractivity contribution in [3.05, 3.63) is 0 Å². The van der Waals surface area contributed by atoms with E-state index in [-0.39, 0.29) is 0 Å². The van der Waals surface area contributed by atoms with E-state index in [4.69, 9.17) is 24.7 Å². The SMILES string of the molecule is O=P(O)(O)C[C@H](O)P(=O)(O)O. The normalized spacial score (nSPS) is 16.5. The Morgan fingerprint density at radius 2 is 1.45 bits per heavy atom. The minimum Gasteiger partial charge on any atom is -0.380 e. The quantitative estimate of drug-likeness (QED) is 0.360. The Labute approximate surface area is 62.0 Å². The Hall–Kier alpha value is 0.260. The first-order valence-corrected chi connectivity index (χ1v) is 5.89. The van der Waals surface area contributed by atoms with Gasteiger partial charge >= 0.3 is 15.2 Å². The van der Waals surface area contributed by atoms with Gasteiger partial charge in [0.1, 0.15) is 0 Å². The molecule has 0 aliphatic carbocycles. The van der Waals surface area contributed by atoms with Crippen molar-refractivity contribution in [3.8, 4) is 0 Å². The van der Waals surface area contributed by atoms with Gasteiger partial charge in [-0.15, -0.1) is 0 Å². The third-order valence-corrected chi connectivity index (χ3v) is 2.86. The Morgan fingerprint density at radius 3 is 1.55 bits per heavy atom. The van der Waals surface area contributed by atoms with E-state index >= 15 is 0 Å². The molecular formula is C2H8O7P2. The molecular weight excluding hydrogens is 198 g/mol. The fourth-order valence-electron chi connectivity index (χ4n) is 0.319. The molecule has 0 spiro atoms. The molecule has 0 heterocycles. The minimum atomic E-state index is -4.79. The Morgan fingerprint density at radius 1 is 1.09 bits per heavy atom. The number of aliphatic hydroxyl groups excluding tert-OH is 1. The molecule has 0 radical (unpaired) electrons. The molecule has 7 nitrogen and oxygen atoms in total. The smallest absolute Gasteiger partial charge is 0.354 e. The maximum absolute atomic E-state index is 10.1. The van der Waals surface area contributed by atoms with Gasteiger partial charge in [-0.25, -0.2) is 0 Å². The molecule has 1 atom stereocenters. The average molecular weight is 206 g/mol. The van der Waals surface area contributed by atoms with Crippen molar-refractivity contribution in [2.75, 3.05) is 6.16 Å². The predicted molar refractivity (Wildman–Crippen MR) is 35.0 cm³/mol. The van der Waals surface area contributed by atoms with Gasteiger partial charge in [-0.05, 0) is 0 Å². The second-order valence-electron chi connectivity index (χ2n) is 1.92. The lowest BCUT2D eigenvalue weighted by Gasteiger charge is -2.12. The van der Waals surface area contributed by atoms with Crippen molar-refractivity contribution in [1.29, 1.82) is 0 Å². The fraction of sp³-hybridized carbons (Fsp3) is 1.00. The van der Waals surface area contributed by atoms with Crippen molar-refractivity contribution in [1.82, 2.24) is 0 Å². The highest BCUT2D eigenvalue weighted by Crippen LogP contribution is 2.47. The van der Waals surface area contributed by atoms with Gasteiger partial charge in [-0.3, -0.25) is 9.13 Å². The summed E-state index contributed by atoms with van der Waals surface area (Å²) >= 11 is 0. The van der Waals surface area contributed by atoms with Crippen molar-refractivity contribution >= 4 is 15.2 Å². The second kappa shape index (κ2) is 3.33. The molecule has 0 aromatic heterocycles. The lowest BCUT2D eigenvalue weighted by Crippen LogP contribution is -2.12. The van der Waals surface area contributed by atoms with E-state index in [9.17, 15) is 9.13 Å². The summed E-state index contributed by atoms with van der Waals surface area (Å²) in [5, 5.41) is 8.47. The predicted octanol–water partition coefficient (Wildman–Crippen LogP) is -1.34. The van der Waals surface area contributed by atoms with Gasteiger partial charge < -0.3 is 24.7 Å². The summed E-state index contributed by atoms with van der Waals surface area (Å²) in [5.74, 6) is -2.29. The van der Waals surface area contributed by atoms with E-state index < -0.39 is 27.2 Å². The Kier molecular flexibility index (Phi) is 3.41. The van der Waals surface area contributed by atoms with E-state index in [0.717, 1.165) is 0 Å². The molecule has 0 aromatic carbocycles. The number of aliphatic hydroxyl groups is 1. The summed E-state index contributed by atoms with van der Waals surface area (Å²) in [6.07, 6.45) is -1.22. The van der Waals surface area contributed by atoms with Crippen LogP contribution in [0, 0.1) is 0 Å². The first-order valence-electron chi connectivity index (χ1n) is 2.41. The topological polar surface area (TPSA) is 135 Å². The van der Waals surface area contributed by atoms with Crippen LogP contribution in [0.2, 0.25) is 0 Å². The van der Waals surface area contributed by atoms with Crippen LogP contribution in [-0.4, -0.2) is 36.7 Å². The summed E-state index contributed by atoms with van der Waals surface area (Å²) < 4.78 is 20.2. The summed E-state index contributed by atoms with van der Waals surface area (Å²) in [7, 11) is -9.35. The van der Waals surface area contributed by atoms with Crippen molar-refractivity contribution in [2.24, 2.45) is 0 Å². The highest BCUT2D eigenvalue weighted by Gasteiger charge is 2.32. The van der Waals surface area contributed by atoms with E-state index in [2.05, 4.69) is 0 Å². The fourth-order valence-corrected chi connectivity index (χ4v) is 2.23. The number of hydrogen-bond donors (Lipinski definition) is 5. The first-order chi connectivity index (χ1) is 4.63. The van der Waals surface area contributed by atoms with Crippen LogP contribution < -0.4 is 0 Å². The maximum atomic E-state index is 10.1. The van der Waals surface area contributed by atoms with Crippen LogP contribution in [0.4, 0.5) is 0 Å². The molecule has 0 rings (SSSR count). The van der Waals surface area contributed by atoms with E-state index in [1.807, 2.05) is 0 Å². The first kappa shape index (κ1) is 11.3. The molecule has 5 N–H and O–H groups in total. The summed E-state index contributed by atoms with van der Waals surface area (Å²) in [6.45, 7) is 0. The Bertz CT molecular complexity index is 210.